The van der Waals surface area contributed by atoms with Gasteiger partial charge in [-0.2, -0.15) is 0 Å². The molecule has 8 heteroatoms. The number of ether oxygens (including phenoxy) is 2. The van der Waals surface area contributed by atoms with Gasteiger partial charge in [-0.25, -0.2) is 0 Å². The highest BCUT2D eigenvalue weighted by Crippen LogP contribution is 2.26. The molecule has 1 aliphatic rings. The van der Waals surface area contributed by atoms with Crippen LogP contribution < -0.4 is 14.8 Å². The molecule has 3 rings (SSSR count). The van der Waals surface area contributed by atoms with Crippen LogP contribution in [-0.2, 0) is 24.3 Å². The number of rotatable bonds is 8. The van der Waals surface area contributed by atoms with Gasteiger partial charge >= 0.3 is 0 Å². The van der Waals surface area contributed by atoms with E-state index in [4.69, 9.17) is 9.47 Å². The summed E-state index contributed by atoms with van der Waals surface area (Å²) < 4.78 is 10.8. The molecule has 1 aliphatic heterocycles. The third kappa shape index (κ3) is 5.91. The molecule has 1 aromatic carbocycles. The second-order valence-corrected chi connectivity index (χ2v) is 8.45. The van der Waals surface area contributed by atoms with E-state index in [1.165, 1.54) is 10.4 Å². The molecule has 0 aliphatic carbocycles. The molecule has 0 saturated carbocycles. The van der Waals surface area contributed by atoms with Crippen molar-refractivity contribution in [3.05, 3.63) is 45.6 Å². The molecule has 31 heavy (non-hydrogen) atoms. The van der Waals surface area contributed by atoms with Gasteiger partial charge in [0.15, 0.2) is 5.96 Å². The smallest absolute Gasteiger partial charge is 0.224 e. The molecule has 0 spiro atoms. The normalized spacial score (nSPS) is 13.5. The molecule has 0 saturated heterocycles. The molecule has 1 aromatic heterocycles. The number of methoxy groups -OCH3 is 2. The number of amides is 1. The Kier molecular flexibility index (Phi) is 8.17. The van der Waals surface area contributed by atoms with Crippen LogP contribution in [0.2, 0.25) is 0 Å². The van der Waals surface area contributed by atoms with Crippen LogP contribution in [0, 0.1) is 0 Å². The standard InChI is InChI=1S/C23H32N4O3S/c1-5-24-23(26(2)15-17-6-7-19(29-3)14-20(17)30-4)25-11-8-22(28)27-12-9-21-18(16-27)10-13-31-21/h6-7,10,13-14H,5,8-9,11-12,15-16H2,1-4H3,(H,24,25). The van der Waals surface area contributed by atoms with Gasteiger partial charge in [0.2, 0.25) is 5.91 Å². The number of hydrogen-bond donors (Lipinski definition) is 1. The van der Waals surface area contributed by atoms with Crippen molar-refractivity contribution < 1.29 is 14.3 Å². The van der Waals surface area contributed by atoms with Crippen LogP contribution in [0.3, 0.4) is 0 Å². The summed E-state index contributed by atoms with van der Waals surface area (Å²) in [5.41, 5.74) is 2.32. The molecular formula is C23H32N4O3S. The Morgan fingerprint density at radius 3 is 2.87 bits per heavy atom. The lowest BCUT2D eigenvalue weighted by Gasteiger charge is -2.27. The number of nitrogens with zero attached hydrogens (tertiary/aromatic N) is 3. The molecule has 1 amide bonds. The van der Waals surface area contributed by atoms with Gasteiger partial charge in [0.25, 0.3) is 0 Å². The second kappa shape index (κ2) is 11.0. The number of aliphatic imine (C=N–C) groups is 1. The minimum atomic E-state index is 0.163. The van der Waals surface area contributed by atoms with Crippen molar-refractivity contribution in [2.24, 2.45) is 4.99 Å². The molecule has 0 bridgehead atoms. The number of hydrogen-bond acceptors (Lipinski definition) is 5. The van der Waals surface area contributed by atoms with E-state index < -0.39 is 0 Å². The average Bonchev–Trinajstić information content (AvgIpc) is 3.26. The lowest BCUT2D eigenvalue weighted by Crippen LogP contribution is -2.39. The van der Waals surface area contributed by atoms with E-state index in [1.807, 2.05) is 42.0 Å². The molecule has 7 nitrogen and oxygen atoms in total. The quantitative estimate of drug-likeness (QED) is 0.501. The minimum absolute atomic E-state index is 0.163. The summed E-state index contributed by atoms with van der Waals surface area (Å²) in [7, 11) is 5.28. The summed E-state index contributed by atoms with van der Waals surface area (Å²) >= 11 is 1.79. The summed E-state index contributed by atoms with van der Waals surface area (Å²) in [5, 5.41) is 5.42. The van der Waals surface area contributed by atoms with E-state index in [0.29, 0.717) is 19.5 Å². The Labute approximate surface area is 188 Å². The molecule has 2 aromatic rings. The fourth-order valence-corrected chi connectivity index (χ4v) is 4.55. The number of benzene rings is 1. The lowest BCUT2D eigenvalue weighted by molar-refractivity contribution is -0.131. The van der Waals surface area contributed by atoms with Crippen molar-refractivity contribution in [1.29, 1.82) is 0 Å². The molecule has 0 atom stereocenters. The van der Waals surface area contributed by atoms with Gasteiger partial charge in [0, 0.05) is 56.2 Å². The molecular weight excluding hydrogens is 412 g/mol. The predicted molar refractivity (Wildman–Crippen MR) is 125 cm³/mol. The van der Waals surface area contributed by atoms with Gasteiger partial charge in [0.1, 0.15) is 11.5 Å². The second-order valence-electron chi connectivity index (χ2n) is 7.45. The topological polar surface area (TPSA) is 66.4 Å². The monoisotopic (exact) mass is 444 g/mol. The van der Waals surface area contributed by atoms with Crippen LogP contribution in [0.5, 0.6) is 11.5 Å². The van der Waals surface area contributed by atoms with Gasteiger partial charge < -0.3 is 24.6 Å². The van der Waals surface area contributed by atoms with Crippen LogP contribution in [0.15, 0.2) is 34.6 Å². The van der Waals surface area contributed by atoms with Crippen molar-refractivity contribution in [3.63, 3.8) is 0 Å². The number of guanidine groups is 1. The zero-order valence-electron chi connectivity index (χ0n) is 18.8. The summed E-state index contributed by atoms with van der Waals surface area (Å²) in [6, 6.07) is 7.93. The summed E-state index contributed by atoms with van der Waals surface area (Å²) in [6.07, 6.45) is 1.37. The maximum Gasteiger partial charge on any atom is 0.224 e. The van der Waals surface area contributed by atoms with E-state index >= 15 is 0 Å². The largest absolute Gasteiger partial charge is 0.497 e. The Bertz CT molecular complexity index is 912. The van der Waals surface area contributed by atoms with Crippen LogP contribution in [0.25, 0.3) is 0 Å². The fraction of sp³-hybridized carbons (Fsp3) is 0.478. The first-order chi connectivity index (χ1) is 15.0. The van der Waals surface area contributed by atoms with Crippen molar-refractivity contribution in [2.45, 2.75) is 32.9 Å². The van der Waals surface area contributed by atoms with Crippen molar-refractivity contribution in [2.75, 3.05) is 40.9 Å². The SMILES string of the molecule is CCNC(=NCCC(=O)N1CCc2sccc2C1)N(C)Cc1ccc(OC)cc1OC. The van der Waals surface area contributed by atoms with E-state index in [-0.39, 0.29) is 5.91 Å². The zero-order valence-corrected chi connectivity index (χ0v) is 19.6. The molecule has 168 valence electrons. The van der Waals surface area contributed by atoms with Crippen LogP contribution in [0.1, 0.15) is 29.3 Å². The van der Waals surface area contributed by atoms with Gasteiger partial charge in [-0.1, -0.05) is 0 Å². The van der Waals surface area contributed by atoms with Gasteiger partial charge in [-0.15, -0.1) is 11.3 Å². The summed E-state index contributed by atoms with van der Waals surface area (Å²) in [5.74, 6) is 2.47. The Morgan fingerprint density at radius 2 is 2.13 bits per heavy atom. The van der Waals surface area contributed by atoms with Gasteiger partial charge in [0.05, 0.1) is 20.8 Å². The third-order valence-electron chi connectivity index (χ3n) is 5.35. The predicted octanol–water partition coefficient (Wildman–Crippen LogP) is 3.14. The lowest BCUT2D eigenvalue weighted by atomic mass is 10.1. The number of fused-ring (bicyclic) bond motifs is 1. The molecule has 0 radical (unpaired) electrons. The Balaban J connectivity index is 1.58. The minimum Gasteiger partial charge on any atom is -0.497 e. The first-order valence-electron chi connectivity index (χ1n) is 10.6. The van der Waals surface area contributed by atoms with Crippen LogP contribution in [-0.4, -0.2) is 62.6 Å². The average molecular weight is 445 g/mol. The molecule has 0 unspecified atom stereocenters. The van der Waals surface area contributed by atoms with Crippen LogP contribution >= 0.6 is 11.3 Å². The van der Waals surface area contributed by atoms with Gasteiger partial charge in [-0.3, -0.25) is 9.79 Å². The molecule has 0 fully saturated rings. The maximum absolute atomic E-state index is 12.7. The molecule has 2 heterocycles. The Hall–Kier alpha value is -2.74. The van der Waals surface area contributed by atoms with Crippen molar-refractivity contribution in [3.8, 4) is 11.5 Å². The zero-order chi connectivity index (χ0) is 22.2. The van der Waals surface area contributed by atoms with Crippen molar-refractivity contribution >= 4 is 23.2 Å². The summed E-state index contributed by atoms with van der Waals surface area (Å²) in [4.78, 5) is 22.8. The maximum atomic E-state index is 12.7. The first-order valence-corrected chi connectivity index (χ1v) is 11.5. The Morgan fingerprint density at radius 1 is 1.29 bits per heavy atom. The number of thiophene rings is 1. The van der Waals surface area contributed by atoms with E-state index in [9.17, 15) is 4.79 Å². The number of carbonyl (C=O) groups excluding carboxylic acids is 1. The van der Waals surface area contributed by atoms with Gasteiger partial charge in [-0.05, 0) is 42.5 Å². The summed E-state index contributed by atoms with van der Waals surface area (Å²) in [6.45, 7) is 5.39. The highest BCUT2D eigenvalue weighted by molar-refractivity contribution is 7.10. The highest BCUT2D eigenvalue weighted by Gasteiger charge is 2.21. The van der Waals surface area contributed by atoms with E-state index in [1.54, 1.807) is 25.6 Å². The van der Waals surface area contributed by atoms with E-state index in [0.717, 1.165) is 49.1 Å². The van der Waals surface area contributed by atoms with Crippen LogP contribution in [0.4, 0.5) is 0 Å². The number of carbonyl (C=O) groups is 1. The molecule has 1 N–H and O–H groups in total. The fourth-order valence-electron chi connectivity index (χ4n) is 3.66. The number of nitrogens with one attached hydrogen (secondary N) is 1. The van der Waals surface area contributed by atoms with E-state index in [2.05, 4.69) is 21.8 Å². The third-order valence-corrected chi connectivity index (χ3v) is 6.37. The van der Waals surface area contributed by atoms with Crippen molar-refractivity contribution in [1.82, 2.24) is 15.1 Å². The first kappa shape index (κ1) is 22.9. The highest BCUT2D eigenvalue weighted by atomic mass is 32.1.